The van der Waals surface area contributed by atoms with Crippen LogP contribution in [0.2, 0.25) is 0 Å². The summed E-state index contributed by atoms with van der Waals surface area (Å²) in [6.07, 6.45) is 3.11. The number of ketones is 1. The second-order valence-corrected chi connectivity index (χ2v) is 5.24. The SMILES string of the molecule is CC(C)CCCOC1CC(=O)C1(C)C. The van der Waals surface area contributed by atoms with Crippen LogP contribution in [0, 0.1) is 11.3 Å². The minimum absolute atomic E-state index is 0.169. The number of carbonyl (C=O) groups excluding carboxylic acids is 1. The number of carbonyl (C=O) groups is 1. The predicted molar refractivity (Wildman–Crippen MR) is 57.2 cm³/mol. The number of hydrogen-bond donors (Lipinski definition) is 0. The van der Waals surface area contributed by atoms with Crippen molar-refractivity contribution in [2.45, 2.75) is 53.1 Å². The summed E-state index contributed by atoms with van der Waals surface area (Å²) in [5.74, 6) is 1.08. The fraction of sp³-hybridized carbons (Fsp3) is 0.917. The number of rotatable bonds is 5. The van der Waals surface area contributed by atoms with Crippen molar-refractivity contribution in [3.63, 3.8) is 0 Å². The normalized spacial score (nSPS) is 25.2. The molecule has 1 rings (SSSR count). The van der Waals surface area contributed by atoms with E-state index in [1.807, 2.05) is 13.8 Å². The first-order chi connectivity index (χ1) is 6.44. The maximum Gasteiger partial charge on any atom is 0.143 e. The van der Waals surface area contributed by atoms with Crippen molar-refractivity contribution in [3.8, 4) is 0 Å². The molecular weight excluding hydrogens is 176 g/mol. The summed E-state index contributed by atoms with van der Waals surface area (Å²) in [5, 5.41) is 0. The summed E-state index contributed by atoms with van der Waals surface area (Å²) in [6.45, 7) is 9.20. The molecule has 1 aliphatic carbocycles. The monoisotopic (exact) mass is 198 g/mol. The van der Waals surface area contributed by atoms with Crippen molar-refractivity contribution in [1.82, 2.24) is 0 Å². The van der Waals surface area contributed by atoms with Crippen LogP contribution in [0.1, 0.15) is 47.0 Å². The van der Waals surface area contributed by atoms with Crippen LogP contribution < -0.4 is 0 Å². The number of Topliss-reactive ketones (excluding diaryl/α,β-unsaturated/α-hetero) is 1. The first-order valence-corrected chi connectivity index (χ1v) is 5.59. The van der Waals surface area contributed by atoms with Gasteiger partial charge in [-0.3, -0.25) is 4.79 Å². The fourth-order valence-electron chi connectivity index (χ4n) is 1.72. The molecule has 0 aromatic rings. The molecule has 14 heavy (non-hydrogen) atoms. The smallest absolute Gasteiger partial charge is 0.143 e. The lowest BCUT2D eigenvalue weighted by Gasteiger charge is -2.42. The van der Waals surface area contributed by atoms with E-state index in [9.17, 15) is 4.79 Å². The molecule has 0 N–H and O–H groups in total. The Hall–Kier alpha value is -0.370. The summed E-state index contributed by atoms with van der Waals surface area (Å²) in [7, 11) is 0. The van der Waals surface area contributed by atoms with Gasteiger partial charge in [-0.2, -0.15) is 0 Å². The fourth-order valence-corrected chi connectivity index (χ4v) is 1.72. The minimum atomic E-state index is -0.224. The Bertz CT molecular complexity index is 206. The van der Waals surface area contributed by atoms with E-state index in [4.69, 9.17) is 4.74 Å². The van der Waals surface area contributed by atoms with Crippen molar-refractivity contribution < 1.29 is 9.53 Å². The van der Waals surface area contributed by atoms with Gasteiger partial charge in [-0.05, 0) is 18.8 Å². The molecule has 1 fully saturated rings. The number of hydrogen-bond acceptors (Lipinski definition) is 2. The molecule has 0 radical (unpaired) electrons. The van der Waals surface area contributed by atoms with Crippen molar-refractivity contribution in [3.05, 3.63) is 0 Å². The van der Waals surface area contributed by atoms with Gasteiger partial charge in [0.15, 0.2) is 0 Å². The third kappa shape index (κ3) is 2.57. The van der Waals surface area contributed by atoms with Gasteiger partial charge < -0.3 is 4.74 Å². The molecule has 0 spiro atoms. The highest BCUT2D eigenvalue weighted by molar-refractivity contribution is 5.91. The van der Waals surface area contributed by atoms with Crippen LogP contribution in [0.3, 0.4) is 0 Å². The van der Waals surface area contributed by atoms with Crippen LogP contribution in [0.25, 0.3) is 0 Å². The molecule has 0 aliphatic heterocycles. The molecule has 0 amide bonds. The Morgan fingerprint density at radius 3 is 2.57 bits per heavy atom. The van der Waals surface area contributed by atoms with Crippen molar-refractivity contribution in [1.29, 1.82) is 0 Å². The number of ether oxygens (including phenoxy) is 1. The highest BCUT2D eigenvalue weighted by atomic mass is 16.5. The molecule has 1 unspecified atom stereocenters. The van der Waals surface area contributed by atoms with Crippen LogP contribution in [0.4, 0.5) is 0 Å². The van der Waals surface area contributed by atoms with Gasteiger partial charge in [0.05, 0.1) is 11.5 Å². The van der Waals surface area contributed by atoms with E-state index in [2.05, 4.69) is 13.8 Å². The second-order valence-electron chi connectivity index (χ2n) is 5.24. The largest absolute Gasteiger partial charge is 0.377 e. The van der Waals surface area contributed by atoms with E-state index in [0.29, 0.717) is 12.2 Å². The molecule has 82 valence electrons. The third-order valence-corrected chi connectivity index (χ3v) is 3.14. The quantitative estimate of drug-likeness (QED) is 0.635. The zero-order valence-corrected chi connectivity index (χ0v) is 9.80. The Morgan fingerprint density at radius 2 is 2.14 bits per heavy atom. The van der Waals surface area contributed by atoms with Gasteiger partial charge in [0.1, 0.15) is 5.78 Å². The Morgan fingerprint density at radius 1 is 1.50 bits per heavy atom. The van der Waals surface area contributed by atoms with Gasteiger partial charge in [0.2, 0.25) is 0 Å². The maximum absolute atomic E-state index is 11.2. The highest BCUT2D eigenvalue weighted by Crippen LogP contribution is 2.38. The van der Waals surface area contributed by atoms with Gasteiger partial charge in [0, 0.05) is 13.0 Å². The van der Waals surface area contributed by atoms with Gasteiger partial charge in [0.25, 0.3) is 0 Å². The minimum Gasteiger partial charge on any atom is -0.377 e. The summed E-state index contributed by atoms with van der Waals surface area (Å²) in [5.41, 5.74) is -0.224. The van der Waals surface area contributed by atoms with Gasteiger partial charge >= 0.3 is 0 Å². The van der Waals surface area contributed by atoms with Crippen LogP contribution in [0.15, 0.2) is 0 Å². The van der Waals surface area contributed by atoms with E-state index < -0.39 is 0 Å². The van der Waals surface area contributed by atoms with Gasteiger partial charge in [-0.15, -0.1) is 0 Å². The molecule has 0 aromatic carbocycles. The van der Waals surface area contributed by atoms with Crippen LogP contribution in [-0.4, -0.2) is 18.5 Å². The average Bonchev–Trinajstić information content (AvgIpc) is 2.10. The molecule has 0 heterocycles. The highest BCUT2D eigenvalue weighted by Gasteiger charge is 2.47. The second kappa shape index (κ2) is 4.43. The maximum atomic E-state index is 11.2. The van der Waals surface area contributed by atoms with E-state index in [1.165, 1.54) is 6.42 Å². The topological polar surface area (TPSA) is 26.3 Å². The summed E-state index contributed by atoms with van der Waals surface area (Å²) < 4.78 is 5.69. The lowest BCUT2D eigenvalue weighted by Crippen LogP contribution is -2.51. The molecule has 1 aliphatic rings. The van der Waals surface area contributed by atoms with Gasteiger partial charge in [-0.25, -0.2) is 0 Å². The van der Waals surface area contributed by atoms with Crippen molar-refractivity contribution in [2.24, 2.45) is 11.3 Å². The lowest BCUT2D eigenvalue weighted by molar-refractivity contribution is -0.158. The van der Waals surface area contributed by atoms with Crippen LogP contribution in [-0.2, 0) is 9.53 Å². The zero-order chi connectivity index (χ0) is 10.8. The first-order valence-electron chi connectivity index (χ1n) is 5.59. The molecule has 1 saturated carbocycles. The van der Waals surface area contributed by atoms with Crippen molar-refractivity contribution in [2.75, 3.05) is 6.61 Å². The van der Waals surface area contributed by atoms with Gasteiger partial charge in [-0.1, -0.05) is 27.7 Å². The van der Waals surface area contributed by atoms with Crippen LogP contribution >= 0.6 is 0 Å². The molecule has 0 aromatic heterocycles. The molecule has 1 atom stereocenters. The van der Waals surface area contributed by atoms with E-state index >= 15 is 0 Å². The van der Waals surface area contributed by atoms with E-state index in [0.717, 1.165) is 18.9 Å². The molecule has 0 bridgehead atoms. The Labute approximate surface area is 87.0 Å². The van der Waals surface area contributed by atoms with Crippen LogP contribution in [0.5, 0.6) is 0 Å². The molecular formula is C12H22O2. The van der Waals surface area contributed by atoms with E-state index in [1.54, 1.807) is 0 Å². The predicted octanol–water partition coefficient (Wildman–Crippen LogP) is 2.81. The van der Waals surface area contributed by atoms with Crippen molar-refractivity contribution >= 4 is 5.78 Å². The summed E-state index contributed by atoms with van der Waals surface area (Å²) in [4.78, 5) is 11.2. The van der Waals surface area contributed by atoms with E-state index in [-0.39, 0.29) is 11.5 Å². The lowest BCUT2D eigenvalue weighted by atomic mass is 9.68. The third-order valence-electron chi connectivity index (χ3n) is 3.14. The first kappa shape index (κ1) is 11.7. The molecule has 0 saturated heterocycles. The Balaban J connectivity index is 2.12. The summed E-state index contributed by atoms with van der Waals surface area (Å²) in [6, 6.07) is 0. The standard InChI is InChI=1S/C12H22O2/c1-9(2)6-5-7-14-11-8-10(13)12(11,3)4/h9,11H,5-8H2,1-4H3. The Kier molecular flexibility index (Phi) is 3.71. The summed E-state index contributed by atoms with van der Waals surface area (Å²) >= 11 is 0. The zero-order valence-electron chi connectivity index (χ0n) is 9.80. The average molecular weight is 198 g/mol. The molecule has 2 heteroatoms. The molecule has 2 nitrogen and oxygen atoms in total.